The van der Waals surface area contributed by atoms with Gasteiger partial charge in [0.05, 0.1) is 25.5 Å². The Morgan fingerprint density at radius 3 is 2.85 bits per heavy atom. The zero-order chi connectivity index (χ0) is 14.4. The molecule has 0 amide bonds. The number of carbonyl (C=O) groups excluding carboxylic acids is 1. The van der Waals surface area contributed by atoms with E-state index in [0.717, 1.165) is 11.3 Å². The molecule has 1 heterocycles. The number of carbonyl (C=O) groups is 1. The number of nitrogens with zero attached hydrogens (tertiary/aromatic N) is 1. The van der Waals surface area contributed by atoms with Crippen LogP contribution in [0.2, 0.25) is 0 Å². The minimum absolute atomic E-state index is 0.175. The third-order valence-corrected chi connectivity index (χ3v) is 3.93. The van der Waals surface area contributed by atoms with Gasteiger partial charge in [0.25, 0.3) is 0 Å². The van der Waals surface area contributed by atoms with E-state index in [9.17, 15) is 4.79 Å². The molecule has 0 aliphatic heterocycles. The van der Waals surface area contributed by atoms with E-state index in [1.165, 1.54) is 7.11 Å². The number of aromatic nitrogens is 1. The normalized spacial score (nSPS) is 12.1. The fraction of sp³-hybridized carbons (Fsp3) is 0.333. The Morgan fingerprint density at radius 1 is 1.40 bits per heavy atom. The van der Waals surface area contributed by atoms with Crippen LogP contribution >= 0.6 is 11.8 Å². The second kappa shape index (κ2) is 7.14. The van der Waals surface area contributed by atoms with Crippen molar-refractivity contribution in [2.24, 2.45) is 0 Å². The molecule has 0 saturated carbocycles. The van der Waals surface area contributed by atoms with Gasteiger partial charge in [0.1, 0.15) is 0 Å². The van der Waals surface area contributed by atoms with Crippen LogP contribution < -0.4 is 0 Å². The van der Waals surface area contributed by atoms with Gasteiger partial charge in [-0.1, -0.05) is 37.3 Å². The number of rotatable bonds is 6. The maximum Gasteiger partial charge on any atom is 0.306 e. The van der Waals surface area contributed by atoms with Gasteiger partial charge in [-0.3, -0.25) is 4.79 Å². The van der Waals surface area contributed by atoms with Gasteiger partial charge < -0.3 is 9.15 Å². The molecule has 0 saturated heterocycles. The third kappa shape index (κ3) is 4.13. The van der Waals surface area contributed by atoms with Crippen molar-refractivity contribution in [3.05, 3.63) is 42.4 Å². The first-order valence-electron chi connectivity index (χ1n) is 6.37. The predicted octanol–water partition coefficient (Wildman–Crippen LogP) is 3.53. The average molecular weight is 291 g/mol. The Morgan fingerprint density at radius 2 is 2.15 bits per heavy atom. The Bertz CT molecular complexity index is 553. The summed E-state index contributed by atoms with van der Waals surface area (Å²) in [6.45, 7) is 1.99. The second-order valence-corrected chi connectivity index (χ2v) is 5.81. The van der Waals surface area contributed by atoms with Crippen LogP contribution in [0.5, 0.6) is 0 Å². The van der Waals surface area contributed by atoms with Crippen molar-refractivity contribution in [1.29, 1.82) is 0 Å². The molecule has 0 bridgehead atoms. The SMILES string of the molecule is COC(=O)C[C@H](C)SCc1ncc(-c2ccccc2)o1. The lowest BCUT2D eigenvalue weighted by Crippen LogP contribution is -2.08. The highest BCUT2D eigenvalue weighted by Crippen LogP contribution is 2.24. The van der Waals surface area contributed by atoms with Crippen LogP contribution in [0.15, 0.2) is 40.9 Å². The Kier molecular flexibility index (Phi) is 5.24. The lowest BCUT2D eigenvalue weighted by Gasteiger charge is -2.07. The molecular weight excluding hydrogens is 274 g/mol. The molecule has 0 fully saturated rings. The fourth-order valence-corrected chi connectivity index (χ4v) is 2.52. The summed E-state index contributed by atoms with van der Waals surface area (Å²) in [5, 5.41) is 0.175. The molecule has 0 unspecified atom stereocenters. The zero-order valence-electron chi connectivity index (χ0n) is 11.5. The maximum absolute atomic E-state index is 11.1. The largest absolute Gasteiger partial charge is 0.469 e. The topological polar surface area (TPSA) is 52.3 Å². The molecule has 4 nitrogen and oxygen atoms in total. The highest BCUT2D eigenvalue weighted by Gasteiger charge is 2.12. The van der Waals surface area contributed by atoms with Crippen LogP contribution in [0, 0.1) is 0 Å². The lowest BCUT2D eigenvalue weighted by molar-refractivity contribution is -0.140. The number of thioether (sulfide) groups is 1. The van der Waals surface area contributed by atoms with E-state index in [2.05, 4.69) is 9.72 Å². The summed E-state index contributed by atoms with van der Waals surface area (Å²) < 4.78 is 10.3. The average Bonchev–Trinajstić information content (AvgIpc) is 2.95. The van der Waals surface area contributed by atoms with E-state index in [1.54, 1.807) is 18.0 Å². The van der Waals surface area contributed by atoms with Crippen LogP contribution in [0.1, 0.15) is 19.2 Å². The molecule has 20 heavy (non-hydrogen) atoms. The molecule has 2 rings (SSSR count). The highest BCUT2D eigenvalue weighted by molar-refractivity contribution is 7.99. The molecular formula is C15H17NO3S. The van der Waals surface area contributed by atoms with Gasteiger partial charge in [-0.15, -0.1) is 11.8 Å². The number of hydrogen-bond donors (Lipinski definition) is 0. The molecule has 0 aliphatic rings. The Labute approximate surface area is 122 Å². The van der Waals surface area contributed by atoms with Crippen molar-refractivity contribution in [2.75, 3.05) is 7.11 Å². The van der Waals surface area contributed by atoms with Crippen molar-refractivity contribution < 1.29 is 13.9 Å². The molecule has 106 valence electrons. The standard InChI is InChI=1S/C15H17NO3S/c1-11(8-15(17)18-2)20-10-14-16-9-13(19-14)12-6-4-3-5-7-12/h3-7,9,11H,8,10H2,1-2H3/t11-/m0/s1. The summed E-state index contributed by atoms with van der Waals surface area (Å²) in [7, 11) is 1.40. The summed E-state index contributed by atoms with van der Waals surface area (Å²) in [6.07, 6.45) is 2.13. The third-order valence-electron chi connectivity index (χ3n) is 2.78. The molecule has 0 radical (unpaired) electrons. The van der Waals surface area contributed by atoms with Crippen LogP contribution in [-0.4, -0.2) is 23.3 Å². The molecule has 0 N–H and O–H groups in total. The Hall–Kier alpha value is -1.75. The molecule has 1 aromatic carbocycles. The highest BCUT2D eigenvalue weighted by atomic mass is 32.2. The van der Waals surface area contributed by atoms with Crippen LogP contribution in [0.3, 0.4) is 0 Å². The number of benzene rings is 1. The summed E-state index contributed by atoms with van der Waals surface area (Å²) in [5.41, 5.74) is 1.01. The molecule has 0 spiro atoms. The van der Waals surface area contributed by atoms with Gasteiger partial charge in [-0.05, 0) is 0 Å². The van der Waals surface area contributed by atoms with E-state index in [-0.39, 0.29) is 11.2 Å². The summed E-state index contributed by atoms with van der Waals surface area (Å²) >= 11 is 1.62. The van der Waals surface area contributed by atoms with Gasteiger partial charge in [0, 0.05) is 10.8 Å². The van der Waals surface area contributed by atoms with E-state index in [1.807, 2.05) is 37.3 Å². The molecule has 0 aliphatic carbocycles. The number of oxazole rings is 1. The van der Waals surface area contributed by atoms with Gasteiger partial charge in [0.2, 0.25) is 5.89 Å². The van der Waals surface area contributed by atoms with Crippen LogP contribution in [0.25, 0.3) is 11.3 Å². The Balaban J connectivity index is 1.89. The van der Waals surface area contributed by atoms with Gasteiger partial charge in [0.15, 0.2) is 5.76 Å². The lowest BCUT2D eigenvalue weighted by atomic mass is 10.2. The maximum atomic E-state index is 11.1. The van der Waals surface area contributed by atoms with Gasteiger partial charge in [-0.25, -0.2) is 4.98 Å². The summed E-state index contributed by atoms with van der Waals surface area (Å²) in [4.78, 5) is 15.4. The molecule has 1 aromatic heterocycles. The number of methoxy groups -OCH3 is 1. The van der Waals surface area contributed by atoms with Gasteiger partial charge in [-0.2, -0.15) is 0 Å². The van der Waals surface area contributed by atoms with Crippen LogP contribution in [-0.2, 0) is 15.3 Å². The second-order valence-electron chi connectivity index (χ2n) is 4.39. The smallest absolute Gasteiger partial charge is 0.306 e. The molecule has 2 aromatic rings. The van der Waals surface area contributed by atoms with E-state index < -0.39 is 0 Å². The summed E-state index contributed by atoms with van der Waals surface area (Å²) in [6, 6.07) is 9.86. The predicted molar refractivity (Wildman–Crippen MR) is 79.3 cm³/mol. The quantitative estimate of drug-likeness (QED) is 0.762. The first-order chi connectivity index (χ1) is 9.69. The number of hydrogen-bond acceptors (Lipinski definition) is 5. The van der Waals surface area contributed by atoms with E-state index in [0.29, 0.717) is 18.1 Å². The van der Waals surface area contributed by atoms with Crippen molar-refractivity contribution in [3.63, 3.8) is 0 Å². The monoisotopic (exact) mass is 291 g/mol. The minimum Gasteiger partial charge on any atom is -0.469 e. The summed E-state index contributed by atoms with van der Waals surface area (Å²) in [5.74, 6) is 1.89. The first-order valence-corrected chi connectivity index (χ1v) is 7.42. The van der Waals surface area contributed by atoms with Gasteiger partial charge >= 0.3 is 5.97 Å². The fourth-order valence-electron chi connectivity index (χ4n) is 1.70. The minimum atomic E-state index is -0.192. The first kappa shape index (κ1) is 14.7. The van der Waals surface area contributed by atoms with Crippen molar-refractivity contribution >= 4 is 17.7 Å². The molecule has 5 heteroatoms. The van der Waals surface area contributed by atoms with E-state index in [4.69, 9.17) is 4.42 Å². The van der Waals surface area contributed by atoms with E-state index >= 15 is 0 Å². The number of esters is 1. The molecule has 1 atom stereocenters. The van der Waals surface area contributed by atoms with Crippen LogP contribution in [0.4, 0.5) is 0 Å². The van der Waals surface area contributed by atoms with Crippen molar-refractivity contribution in [3.8, 4) is 11.3 Å². The zero-order valence-corrected chi connectivity index (χ0v) is 12.4. The van der Waals surface area contributed by atoms with Crippen molar-refractivity contribution in [1.82, 2.24) is 4.98 Å². The van der Waals surface area contributed by atoms with Crippen molar-refractivity contribution in [2.45, 2.75) is 24.3 Å². The number of ether oxygens (including phenoxy) is 1.